The van der Waals surface area contributed by atoms with Crippen LogP contribution in [0.5, 0.6) is 0 Å². The van der Waals surface area contributed by atoms with Crippen LogP contribution >= 0.6 is 0 Å². The molecular weight excluding hydrogens is 1410 g/mol. The number of aliphatic hydroxyl groups excluding tert-OH is 2. The zero-order chi connectivity index (χ0) is 78.9. The number of carbonyl (C=O) groups excluding carboxylic acids is 10. The molecular formula is C72H84F3N13O19. The lowest BCUT2D eigenvalue weighted by Gasteiger charge is -2.35. The first kappa shape index (κ1) is 84.0. The first-order valence-electron chi connectivity index (χ1n) is 33.3. The van der Waals surface area contributed by atoms with E-state index in [4.69, 9.17) is 5.73 Å². The third kappa shape index (κ3) is 25.4. The Morgan fingerprint density at radius 1 is 0.505 bits per heavy atom. The number of amides is 10. The number of aliphatic carboxylic acids is 3. The molecule has 0 fully saturated rings. The number of nitrogens with zero attached hydrogens (tertiary/aromatic N) is 1. The van der Waals surface area contributed by atoms with Crippen molar-refractivity contribution in [1.29, 1.82) is 0 Å². The van der Waals surface area contributed by atoms with Crippen LogP contribution in [0.15, 0.2) is 152 Å². The summed E-state index contributed by atoms with van der Waals surface area (Å²) >= 11 is 0. The summed E-state index contributed by atoms with van der Waals surface area (Å²) < 4.78 is 44.8. The van der Waals surface area contributed by atoms with Gasteiger partial charge in [0, 0.05) is 38.3 Å². The summed E-state index contributed by atoms with van der Waals surface area (Å²) in [4.78, 5) is 182. The Hall–Kier alpha value is -12.0. The van der Waals surface area contributed by atoms with Crippen LogP contribution < -0.4 is 58.9 Å². The summed E-state index contributed by atoms with van der Waals surface area (Å²) in [7, 11) is 0. The van der Waals surface area contributed by atoms with Gasteiger partial charge in [-0.2, -0.15) is 13.2 Å². The minimum Gasteiger partial charge on any atom is -0.481 e. The summed E-state index contributed by atoms with van der Waals surface area (Å²) in [6.07, 6.45) is -8.83. The van der Waals surface area contributed by atoms with Crippen LogP contribution in [0.4, 0.5) is 13.2 Å². The number of carboxylic acids is 3. The van der Waals surface area contributed by atoms with Gasteiger partial charge in [-0.15, -0.1) is 0 Å². The summed E-state index contributed by atoms with van der Waals surface area (Å²) in [5.74, 6) is -18.3. The maximum absolute atomic E-state index is 14.9. The number of H-pyrrole nitrogens is 1. The Labute approximate surface area is 610 Å². The second-order valence-corrected chi connectivity index (χ2v) is 25.7. The molecule has 5 aromatic carbocycles. The normalized spacial score (nSPS) is 14.8. The highest BCUT2D eigenvalue weighted by Gasteiger charge is 2.59. The summed E-state index contributed by atoms with van der Waals surface area (Å²) in [5, 5.41) is 83.5. The maximum Gasteiger partial charge on any atom is 0.419 e. The lowest BCUT2D eigenvalue weighted by molar-refractivity contribution is -0.260. The molecule has 0 spiro atoms. The largest absolute Gasteiger partial charge is 0.481 e. The molecule has 0 saturated heterocycles. The molecule has 6 aromatic rings. The fourth-order valence-corrected chi connectivity index (χ4v) is 10.6. The first-order valence-corrected chi connectivity index (χ1v) is 33.3. The third-order valence-corrected chi connectivity index (χ3v) is 16.8. The van der Waals surface area contributed by atoms with Crippen molar-refractivity contribution in [2.75, 3.05) is 13.2 Å². The molecule has 1 heterocycles. The van der Waals surface area contributed by atoms with E-state index in [9.17, 15) is 106 Å². The van der Waals surface area contributed by atoms with E-state index < -0.39 is 200 Å². The number of carbonyl (C=O) groups is 13. The molecule has 11 atom stereocenters. The van der Waals surface area contributed by atoms with E-state index >= 15 is 0 Å². The summed E-state index contributed by atoms with van der Waals surface area (Å²) in [6.45, 7) is 0.899. The second-order valence-electron chi connectivity index (χ2n) is 25.7. The van der Waals surface area contributed by atoms with Crippen LogP contribution in [-0.4, -0.2) is 209 Å². The topological polar surface area (TPSA) is 518 Å². The zero-order valence-electron chi connectivity index (χ0n) is 58.2. The highest BCUT2D eigenvalue weighted by Crippen LogP contribution is 2.33. The Morgan fingerprint density at radius 3 is 1.43 bits per heavy atom. The quantitative estimate of drug-likeness (QED) is 0.0228. The van der Waals surface area contributed by atoms with Gasteiger partial charge in [0.1, 0.15) is 53.9 Å². The fraction of sp³-hybridized carbons (Fsp3) is 0.361. The van der Waals surface area contributed by atoms with Crippen molar-refractivity contribution in [2.45, 2.75) is 150 Å². The fourth-order valence-electron chi connectivity index (χ4n) is 10.6. The van der Waals surface area contributed by atoms with Crippen molar-refractivity contribution < 1.29 is 106 Å². The van der Waals surface area contributed by atoms with E-state index in [1.165, 1.54) is 56.7 Å². The lowest BCUT2D eigenvalue weighted by atomic mass is 9.93. The lowest BCUT2D eigenvalue weighted by Crippen LogP contribution is -2.68. The molecule has 0 saturated carbocycles. The minimum atomic E-state index is -5.85. The average molecular weight is 1490 g/mol. The van der Waals surface area contributed by atoms with Gasteiger partial charge in [0.15, 0.2) is 5.60 Å². The molecule has 572 valence electrons. The standard InChI is InChI=1S/C72H84F3N13O19/c1-39(90)58(86-55(91)36-78-61(97)49(28-29-56(92)93)85-69(106)70(2,3)88-60(96)48(76)33-47-35-77-38-79-47)66(102)82-51(30-40-14-8-5-9-15-40)64(100)87-59(71(4,107)72(73,74)75)67(103)84-54(37-89)65(101)81-52(34-57(94)95)63(99)80-50(31-41-20-24-45(25-21-41)43-16-10-6-11-17-43)62(98)83-53(68(104)105)32-42-22-26-46(27-23-42)44-18-12-7-13-19-44/h5-27,35,38-39,48-54,58-59,89-90,107H,28-34,36-37,76H2,1-4H3,(H,77,79)(H,78,97)(H,80,99)(H,81,101)(H,82,102)(H,83,98)(H,84,103)(H,85,106)(H,86,91)(H,87,100)(H,88,96)(H,92,93)(H,94,95)(H,104,105)/t39-,48+,49+,50+,51+,52+,53+,54+,58+,59-,71-/m1/s1. The monoisotopic (exact) mass is 1490 g/mol. The predicted octanol–water partition coefficient (Wildman–Crippen LogP) is -0.659. The molecule has 0 aliphatic rings. The number of alkyl halides is 3. The number of benzene rings is 5. The van der Waals surface area contributed by atoms with Gasteiger partial charge in [-0.3, -0.25) is 57.5 Å². The molecule has 1 aromatic heterocycles. The number of nitrogens with one attached hydrogen (secondary N) is 11. The molecule has 19 N–H and O–H groups in total. The molecule has 107 heavy (non-hydrogen) atoms. The number of hydrogen-bond acceptors (Lipinski definition) is 18. The summed E-state index contributed by atoms with van der Waals surface area (Å²) in [5.41, 5.74) is 4.54. The predicted molar refractivity (Wildman–Crippen MR) is 374 cm³/mol. The van der Waals surface area contributed by atoms with Crippen molar-refractivity contribution in [3.05, 3.63) is 174 Å². The van der Waals surface area contributed by atoms with Gasteiger partial charge >= 0.3 is 24.1 Å². The third-order valence-electron chi connectivity index (χ3n) is 16.8. The first-order chi connectivity index (χ1) is 50.5. The Balaban J connectivity index is 1.18. The van der Waals surface area contributed by atoms with Crippen LogP contribution in [-0.2, 0) is 88.0 Å². The van der Waals surface area contributed by atoms with Crippen molar-refractivity contribution in [3.63, 3.8) is 0 Å². The molecule has 10 amide bonds. The van der Waals surface area contributed by atoms with E-state index in [0.717, 1.165) is 29.2 Å². The van der Waals surface area contributed by atoms with Crippen LogP contribution in [0.3, 0.4) is 0 Å². The average Bonchev–Trinajstić information content (AvgIpc) is 0.891. The van der Waals surface area contributed by atoms with Crippen LogP contribution in [0.25, 0.3) is 22.3 Å². The van der Waals surface area contributed by atoms with Crippen molar-refractivity contribution in [2.24, 2.45) is 5.73 Å². The van der Waals surface area contributed by atoms with Gasteiger partial charge in [0.05, 0.1) is 43.7 Å². The van der Waals surface area contributed by atoms with Gasteiger partial charge in [-0.05, 0) is 73.1 Å². The smallest absolute Gasteiger partial charge is 0.419 e. The number of rotatable bonds is 39. The number of hydrogen-bond donors (Lipinski definition) is 18. The van der Waals surface area contributed by atoms with E-state index in [2.05, 4.69) is 47.2 Å². The van der Waals surface area contributed by atoms with E-state index in [1.54, 1.807) is 77.4 Å². The molecule has 0 aliphatic heterocycles. The number of halogens is 3. The zero-order valence-corrected chi connectivity index (χ0v) is 58.2. The molecule has 35 heteroatoms. The van der Waals surface area contributed by atoms with Gasteiger partial charge in [0.25, 0.3) is 0 Å². The van der Waals surface area contributed by atoms with Crippen molar-refractivity contribution >= 4 is 77.0 Å². The van der Waals surface area contributed by atoms with E-state index in [0.29, 0.717) is 16.8 Å². The van der Waals surface area contributed by atoms with Gasteiger partial charge in [-0.25, -0.2) is 9.78 Å². The number of aromatic nitrogens is 2. The van der Waals surface area contributed by atoms with Crippen molar-refractivity contribution in [3.8, 4) is 22.3 Å². The van der Waals surface area contributed by atoms with Gasteiger partial charge in [0.2, 0.25) is 59.1 Å². The number of nitrogens with two attached hydrogens (primary N) is 1. The molecule has 32 nitrogen and oxygen atoms in total. The molecule has 0 bridgehead atoms. The summed E-state index contributed by atoms with van der Waals surface area (Å²) in [6, 6.07) is 20.4. The second kappa shape index (κ2) is 38.7. The Kier molecular flexibility index (Phi) is 30.4. The molecule has 0 aliphatic carbocycles. The number of aromatic amines is 1. The highest BCUT2D eigenvalue weighted by molar-refractivity contribution is 6.00. The Morgan fingerprint density at radius 2 is 0.953 bits per heavy atom. The van der Waals surface area contributed by atoms with Crippen LogP contribution in [0.1, 0.15) is 69.3 Å². The maximum atomic E-state index is 14.9. The molecule has 0 unspecified atom stereocenters. The SMILES string of the molecule is C[C@@H](O)[C@H](NC(=O)CNC(=O)[C@H](CCC(=O)O)NC(=O)C(C)(C)NC(=O)[C@@H](N)Cc1c[nH]cn1)C(=O)N[C@@H](Cc1ccccc1)C(=O)N[C@H](C(=O)N[C@@H](CO)C(=O)N[C@@H](CC(=O)O)C(=O)N[C@@H](Cc1ccc(-c2ccccc2)cc1)C(=O)N[C@@H](Cc1ccc(-c2ccccc2)cc1)C(=O)O)[C@@](C)(O)C(F)(F)F. The van der Waals surface area contributed by atoms with E-state index in [-0.39, 0.29) is 25.3 Å². The van der Waals surface area contributed by atoms with Crippen molar-refractivity contribution in [1.82, 2.24) is 63.1 Å². The van der Waals surface area contributed by atoms with Crippen LogP contribution in [0.2, 0.25) is 0 Å². The number of imidazole rings is 1. The number of aliphatic hydroxyl groups is 3. The Bertz CT molecular complexity index is 4080. The highest BCUT2D eigenvalue weighted by atomic mass is 19.4. The molecule has 6 rings (SSSR count). The van der Waals surface area contributed by atoms with Gasteiger partial charge < -0.3 is 94.5 Å². The van der Waals surface area contributed by atoms with Crippen LogP contribution in [0, 0.1) is 0 Å². The minimum absolute atomic E-state index is 0.0267. The molecule has 0 radical (unpaired) electrons. The van der Waals surface area contributed by atoms with Gasteiger partial charge in [-0.1, -0.05) is 140 Å². The van der Waals surface area contributed by atoms with E-state index in [1.807, 2.05) is 47.8 Å². The number of carboxylic acid groups (broad SMARTS) is 3.